The topological polar surface area (TPSA) is 66.3 Å². The van der Waals surface area contributed by atoms with Gasteiger partial charge in [0, 0.05) is 18.8 Å². The van der Waals surface area contributed by atoms with Gasteiger partial charge in [-0.15, -0.1) is 0 Å². The number of aromatic nitrogens is 2. The predicted octanol–water partition coefficient (Wildman–Crippen LogP) is 3.52. The number of pyridine rings is 2. The molecule has 1 atom stereocenters. The van der Waals surface area contributed by atoms with E-state index in [-0.39, 0.29) is 12.3 Å². The molecule has 2 aromatic heterocycles. The lowest BCUT2D eigenvalue weighted by Crippen LogP contribution is -2.31. The summed E-state index contributed by atoms with van der Waals surface area (Å²) in [4.78, 5) is 23.2. The third kappa shape index (κ3) is 5.72. The van der Waals surface area contributed by atoms with Gasteiger partial charge in [-0.05, 0) is 36.2 Å². The van der Waals surface area contributed by atoms with E-state index in [1.807, 2.05) is 66.7 Å². The second-order valence-corrected chi connectivity index (χ2v) is 6.36. The average molecular weight is 361 g/mol. The fourth-order valence-corrected chi connectivity index (χ4v) is 2.87. The lowest BCUT2D eigenvalue weighted by Gasteiger charge is -2.23. The van der Waals surface area contributed by atoms with E-state index in [0.29, 0.717) is 19.5 Å². The molecule has 27 heavy (non-hydrogen) atoms. The van der Waals surface area contributed by atoms with Crippen LogP contribution in [0.3, 0.4) is 0 Å². The molecule has 1 amide bonds. The lowest BCUT2D eigenvalue weighted by molar-refractivity contribution is -0.133. The first-order valence-corrected chi connectivity index (χ1v) is 9.03. The lowest BCUT2D eigenvalue weighted by atomic mass is 10.0. The number of rotatable bonds is 8. The number of benzene rings is 1. The minimum atomic E-state index is -0.651. The summed E-state index contributed by atoms with van der Waals surface area (Å²) >= 11 is 0. The SMILES string of the molecule is O=C(CCC(O)c1ccccc1)N(Cc1ccccn1)Cc1ccccn1. The molecule has 0 aliphatic carbocycles. The van der Waals surface area contributed by atoms with Gasteiger partial charge >= 0.3 is 0 Å². The molecule has 1 aromatic carbocycles. The normalized spacial score (nSPS) is 11.7. The Bertz CT molecular complexity index is 784. The van der Waals surface area contributed by atoms with Gasteiger partial charge < -0.3 is 10.0 Å². The Labute approximate surface area is 159 Å². The van der Waals surface area contributed by atoms with Crippen molar-refractivity contribution in [3.63, 3.8) is 0 Å². The molecule has 1 N–H and O–H groups in total. The molecule has 2 heterocycles. The Morgan fingerprint density at radius 1 is 0.852 bits per heavy atom. The van der Waals surface area contributed by atoms with Gasteiger partial charge in [0.25, 0.3) is 0 Å². The quantitative estimate of drug-likeness (QED) is 0.667. The van der Waals surface area contributed by atoms with Crippen LogP contribution in [-0.4, -0.2) is 25.9 Å². The van der Waals surface area contributed by atoms with Gasteiger partial charge in [-0.25, -0.2) is 0 Å². The van der Waals surface area contributed by atoms with Crippen LogP contribution in [0.2, 0.25) is 0 Å². The summed E-state index contributed by atoms with van der Waals surface area (Å²) in [5.41, 5.74) is 2.47. The minimum absolute atomic E-state index is 0.0266. The highest BCUT2D eigenvalue weighted by Crippen LogP contribution is 2.19. The molecule has 5 nitrogen and oxygen atoms in total. The summed E-state index contributed by atoms with van der Waals surface area (Å²) in [5.74, 6) is -0.0266. The zero-order valence-corrected chi connectivity index (χ0v) is 15.1. The first-order chi connectivity index (χ1) is 13.2. The molecule has 0 radical (unpaired) electrons. The van der Waals surface area contributed by atoms with Crippen LogP contribution in [0.1, 0.15) is 35.9 Å². The number of aliphatic hydroxyl groups is 1. The van der Waals surface area contributed by atoms with Crippen LogP contribution in [0.25, 0.3) is 0 Å². The molecule has 5 heteroatoms. The first-order valence-electron chi connectivity index (χ1n) is 9.03. The van der Waals surface area contributed by atoms with E-state index in [4.69, 9.17) is 0 Å². The number of carbonyl (C=O) groups excluding carboxylic acids is 1. The number of carbonyl (C=O) groups is 1. The van der Waals surface area contributed by atoms with Gasteiger partial charge in [0.2, 0.25) is 5.91 Å². The highest BCUT2D eigenvalue weighted by molar-refractivity contribution is 5.76. The maximum atomic E-state index is 12.8. The van der Waals surface area contributed by atoms with Gasteiger partial charge in [0.05, 0.1) is 30.6 Å². The molecular weight excluding hydrogens is 338 g/mol. The van der Waals surface area contributed by atoms with Gasteiger partial charge in [-0.1, -0.05) is 42.5 Å². The molecule has 3 rings (SSSR count). The van der Waals surface area contributed by atoms with Crippen molar-refractivity contribution in [3.05, 3.63) is 96.1 Å². The highest BCUT2D eigenvalue weighted by Gasteiger charge is 2.18. The Morgan fingerprint density at radius 3 is 1.93 bits per heavy atom. The molecule has 3 aromatic rings. The van der Waals surface area contributed by atoms with E-state index in [2.05, 4.69) is 9.97 Å². The van der Waals surface area contributed by atoms with E-state index >= 15 is 0 Å². The van der Waals surface area contributed by atoms with Crippen molar-refractivity contribution in [1.29, 1.82) is 0 Å². The summed E-state index contributed by atoms with van der Waals surface area (Å²) < 4.78 is 0. The van der Waals surface area contributed by atoms with Crippen molar-refractivity contribution >= 4 is 5.91 Å². The van der Waals surface area contributed by atoms with Crippen LogP contribution in [-0.2, 0) is 17.9 Å². The van der Waals surface area contributed by atoms with Crippen LogP contribution in [0.4, 0.5) is 0 Å². The average Bonchev–Trinajstić information content (AvgIpc) is 2.73. The monoisotopic (exact) mass is 361 g/mol. The van der Waals surface area contributed by atoms with Gasteiger partial charge in [0.1, 0.15) is 0 Å². The second kappa shape index (κ2) is 9.59. The maximum absolute atomic E-state index is 12.8. The molecule has 0 fully saturated rings. The van der Waals surface area contributed by atoms with Crippen molar-refractivity contribution in [3.8, 4) is 0 Å². The molecule has 0 aliphatic rings. The van der Waals surface area contributed by atoms with Crippen LogP contribution in [0.5, 0.6) is 0 Å². The van der Waals surface area contributed by atoms with Crippen molar-refractivity contribution in [2.24, 2.45) is 0 Å². The van der Waals surface area contributed by atoms with Crippen molar-refractivity contribution in [1.82, 2.24) is 14.9 Å². The summed E-state index contributed by atoms with van der Waals surface area (Å²) in [6.45, 7) is 0.829. The van der Waals surface area contributed by atoms with Crippen LogP contribution < -0.4 is 0 Å². The second-order valence-electron chi connectivity index (χ2n) is 6.36. The summed E-state index contributed by atoms with van der Waals surface area (Å²) in [5, 5.41) is 10.3. The molecule has 0 saturated carbocycles. The predicted molar refractivity (Wildman–Crippen MR) is 103 cm³/mol. The van der Waals surface area contributed by atoms with Gasteiger partial charge in [0.15, 0.2) is 0 Å². The summed E-state index contributed by atoms with van der Waals surface area (Å²) in [6, 6.07) is 20.7. The molecule has 0 saturated heterocycles. The fourth-order valence-electron chi connectivity index (χ4n) is 2.87. The van der Waals surface area contributed by atoms with Crippen molar-refractivity contribution in [2.75, 3.05) is 0 Å². The van der Waals surface area contributed by atoms with E-state index in [0.717, 1.165) is 17.0 Å². The third-order valence-corrected chi connectivity index (χ3v) is 4.33. The van der Waals surface area contributed by atoms with E-state index in [1.54, 1.807) is 17.3 Å². The number of aliphatic hydroxyl groups excluding tert-OH is 1. The summed E-state index contributed by atoms with van der Waals surface area (Å²) in [6.07, 6.45) is 3.43. The zero-order chi connectivity index (χ0) is 18.9. The fraction of sp³-hybridized carbons (Fsp3) is 0.227. The Morgan fingerprint density at radius 2 is 1.41 bits per heavy atom. The van der Waals surface area contributed by atoms with E-state index in [9.17, 15) is 9.90 Å². The number of hydrogen-bond acceptors (Lipinski definition) is 4. The van der Waals surface area contributed by atoms with E-state index < -0.39 is 6.10 Å². The van der Waals surface area contributed by atoms with E-state index in [1.165, 1.54) is 0 Å². The molecule has 1 unspecified atom stereocenters. The maximum Gasteiger partial charge on any atom is 0.223 e. The highest BCUT2D eigenvalue weighted by atomic mass is 16.3. The smallest absolute Gasteiger partial charge is 0.223 e. The van der Waals surface area contributed by atoms with Crippen LogP contribution in [0, 0.1) is 0 Å². The van der Waals surface area contributed by atoms with Gasteiger partial charge in [-0.3, -0.25) is 14.8 Å². The molecule has 0 aliphatic heterocycles. The summed E-state index contributed by atoms with van der Waals surface area (Å²) in [7, 11) is 0. The molecular formula is C22H23N3O2. The molecule has 138 valence electrons. The number of amides is 1. The minimum Gasteiger partial charge on any atom is -0.388 e. The number of nitrogens with zero attached hydrogens (tertiary/aromatic N) is 3. The van der Waals surface area contributed by atoms with Crippen LogP contribution in [0.15, 0.2) is 79.1 Å². The third-order valence-electron chi connectivity index (χ3n) is 4.33. The first kappa shape index (κ1) is 18.7. The standard InChI is InChI=1S/C22H23N3O2/c26-21(18-8-2-1-3-9-18)12-13-22(27)25(16-19-10-4-6-14-23-19)17-20-11-5-7-15-24-20/h1-11,14-15,21,26H,12-13,16-17H2. The molecule has 0 spiro atoms. The molecule has 0 bridgehead atoms. The van der Waals surface area contributed by atoms with Crippen molar-refractivity contribution in [2.45, 2.75) is 32.0 Å². The van der Waals surface area contributed by atoms with Crippen molar-refractivity contribution < 1.29 is 9.90 Å². The Kier molecular flexibility index (Phi) is 6.66. The van der Waals surface area contributed by atoms with Gasteiger partial charge in [-0.2, -0.15) is 0 Å². The van der Waals surface area contributed by atoms with Crippen LogP contribution >= 0.6 is 0 Å². The Balaban J connectivity index is 1.66. The number of hydrogen-bond donors (Lipinski definition) is 1. The zero-order valence-electron chi connectivity index (χ0n) is 15.1. The Hall–Kier alpha value is -3.05. The largest absolute Gasteiger partial charge is 0.388 e.